The number of carboxylic acid groups (broad SMARTS) is 1. The summed E-state index contributed by atoms with van der Waals surface area (Å²) in [6.07, 6.45) is 1.78. The summed E-state index contributed by atoms with van der Waals surface area (Å²) < 4.78 is 0. The number of rotatable bonds is 1. The number of amides is 2. The molecule has 1 heterocycles. The number of primary amides is 2. The van der Waals surface area contributed by atoms with E-state index in [4.69, 9.17) is 9.90 Å². The first-order valence-electron chi connectivity index (χ1n) is 3.55. The minimum atomic E-state index is -0.833. The molecule has 12 heavy (non-hydrogen) atoms. The van der Waals surface area contributed by atoms with Gasteiger partial charge in [0, 0.05) is 0 Å². The van der Waals surface area contributed by atoms with Crippen LogP contribution in [-0.4, -0.2) is 29.7 Å². The molecule has 0 unspecified atom stereocenters. The third kappa shape index (κ3) is 5.48. The fourth-order valence-corrected chi connectivity index (χ4v) is 0.895. The third-order valence-electron chi connectivity index (χ3n) is 1.36. The van der Waals surface area contributed by atoms with Crippen LogP contribution in [0.5, 0.6) is 0 Å². The highest BCUT2D eigenvalue weighted by Gasteiger charge is 2.20. The van der Waals surface area contributed by atoms with Crippen molar-refractivity contribution in [1.29, 1.82) is 0 Å². The average Bonchev–Trinajstić information content (AvgIpc) is 2.34. The molecule has 0 radical (unpaired) electrons. The van der Waals surface area contributed by atoms with Crippen LogP contribution in [-0.2, 0) is 4.79 Å². The van der Waals surface area contributed by atoms with E-state index in [1.54, 1.807) is 0 Å². The lowest BCUT2D eigenvalue weighted by Gasteiger charge is -1.99. The van der Waals surface area contributed by atoms with Crippen LogP contribution in [0.25, 0.3) is 0 Å². The zero-order valence-electron chi connectivity index (χ0n) is 6.62. The van der Waals surface area contributed by atoms with Gasteiger partial charge in [0.25, 0.3) is 0 Å². The third-order valence-corrected chi connectivity index (χ3v) is 1.36. The molecule has 70 valence electrons. The number of nitrogens with one attached hydrogen (secondary N) is 1. The zero-order chi connectivity index (χ0) is 9.56. The molecule has 6 nitrogen and oxygen atoms in total. The van der Waals surface area contributed by atoms with Crippen molar-refractivity contribution in [2.24, 2.45) is 11.5 Å². The standard InChI is InChI=1S/C5H9NO2.CH4N2O/c7-5(8)4-2-1-3-6-4;2-1(3)4/h4,6H,1-3H2,(H,7,8);(H4,2,3,4)/t4-;/m0./s1. The van der Waals surface area contributed by atoms with E-state index in [9.17, 15) is 4.79 Å². The fourth-order valence-electron chi connectivity index (χ4n) is 0.895. The quantitative estimate of drug-likeness (QED) is 0.402. The molecule has 0 aromatic heterocycles. The van der Waals surface area contributed by atoms with Gasteiger partial charge >= 0.3 is 12.0 Å². The van der Waals surface area contributed by atoms with E-state index >= 15 is 0 Å². The summed E-state index contributed by atoms with van der Waals surface area (Å²) in [5.74, 6) is -0.720. The molecule has 0 aromatic carbocycles. The molecule has 0 aliphatic carbocycles. The highest BCUT2D eigenvalue weighted by atomic mass is 16.4. The van der Waals surface area contributed by atoms with Gasteiger partial charge in [-0.25, -0.2) is 4.79 Å². The van der Waals surface area contributed by atoms with Gasteiger partial charge in [-0.2, -0.15) is 0 Å². The summed E-state index contributed by atoms with van der Waals surface area (Å²) in [4.78, 5) is 19.1. The Kier molecular flexibility index (Phi) is 4.78. The van der Waals surface area contributed by atoms with E-state index in [2.05, 4.69) is 16.8 Å². The molecule has 0 saturated carbocycles. The molecule has 0 aromatic rings. The summed E-state index contributed by atoms with van der Waals surface area (Å²) in [5, 5.41) is 11.2. The van der Waals surface area contributed by atoms with E-state index in [1.807, 2.05) is 0 Å². The predicted molar refractivity (Wildman–Crippen MR) is 42.4 cm³/mol. The van der Waals surface area contributed by atoms with Crippen LogP contribution >= 0.6 is 0 Å². The fraction of sp³-hybridized carbons (Fsp3) is 0.667. The Bertz CT molecular complexity index is 161. The lowest BCUT2D eigenvalue weighted by Crippen LogP contribution is -2.29. The van der Waals surface area contributed by atoms with Gasteiger partial charge < -0.3 is 21.9 Å². The monoisotopic (exact) mass is 175 g/mol. The van der Waals surface area contributed by atoms with E-state index in [0.29, 0.717) is 0 Å². The van der Waals surface area contributed by atoms with Crippen LogP contribution in [0.2, 0.25) is 0 Å². The molecule has 6 N–H and O–H groups in total. The molecule has 1 aliphatic heterocycles. The summed E-state index contributed by atoms with van der Waals surface area (Å²) >= 11 is 0. The second kappa shape index (κ2) is 5.36. The summed E-state index contributed by atoms with van der Waals surface area (Å²) in [5.41, 5.74) is 8.50. The Morgan fingerprint density at radius 3 is 2.08 bits per heavy atom. The number of aliphatic carboxylic acids is 1. The first-order chi connectivity index (χ1) is 5.54. The Morgan fingerprint density at radius 2 is 1.92 bits per heavy atom. The van der Waals surface area contributed by atoms with Crippen LogP contribution in [0.4, 0.5) is 4.79 Å². The van der Waals surface area contributed by atoms with Gasteiger partial charge in [0.1, 0.15) is 6.04 Å². The van der Waals surface area contributed by atoms with Crippen LogP contribution in [0.15, 0.2) is 0 Å². The van der Waals surface area contributed by atoms with Crippen molar-refractivity contribution >= 4 is 12.0 Å². The summed E-state index contributed by atoms with van der Waals surface area (Å²) in [6, 6.07) is -1.10. The normalized spacial score (nSPS) is 20.8. The predicted octanol–water partition coefficient (Wildman–Crippen LogP) is -1.15. The largest absolute Gasteiger partial charge is 0.480 e. The van der Waals surface area contributed by atoms with Gasteiger partial charge in [-0.05, 0) is 19.4 Å². The Labute approximate surface area is 69.9 Å². The van der Waals surface area contributed by atoms with Crippen molar-refractivity contribution < 1.29 is 14.7 Å². The van der Waals surface area contributed by atoms with E-state index < -0.39 is 12.0 Å². The Hall–Kier alpha value is -1.30. The highest BCUT2D eigenvalue weighted by Crippen LogP contribution is 2.03. The molecular formula is C6H13N3O3. The number of carbonyl (C=O) groups is 2. The number of urea groups is 1. The van der Waals surface area contributed by atoms with Gasteiger partial charge in [-0.1, -0.05) is 0 Å². The molecule has 1 atom stereocenters. The van der Waals surface area contributed by atoms with Crippen LogP contribution in [0, 0.1) is 0 Å². The van der Waals surface area contributed by atoms with E-state index in [1.165, 1.54) is 0 Å². The lowest BCUT2D eigenvalue weighted by molar-refractivity contribution is -0.139. The number of carbonyl (C=O) groups excluding carboxylic acids is 1. The van der Waals surface area contributed by atoms with Crippen molar-refractivity contribution in [1.82, 2.24) is 5.32 Å². The van der Waals surface area contributed by atoms with Crippen molar-refractivity contribution in [3.05, 3.63) is 0 Å². The molecule has 6 heteroatoms. The van der Waals surface area contributed by atoms with Gasteiger partial charge in [0.05, 0.1) is 0 Å². The molecule has 1 fully saturated rings. The van der Waals surface area contributed by atoms with Crippen LogP contribution < -0.4 is 16.8 Å². The highest BCUT2D eigenvalue weighted by molar-refractivity contribution is 5.73. The van der Waals surface area contributed by atoms with E-state index in [0.717, 1.165) is 19.4 Å². The molecule has 1 rings (SSSR count). The first-order valence-corrected chi connectivity index (χ1v) is 3.55. The van der Waals surface area contributed by atoms with Crippen molar-refractivity contribution in [2.45, 2.75) is 18.9 Å². The van der Waals surface area contributed by atoms with Crippen molar-refractivity contribution in [3.8, 4) is 0 Å². The second-order valence-electron chi connectivity index (χ2n) is 2.39. The smallest absolute Gasteiger partial charge is 0.320 e. The molecule has 0 spiro atoms. The van der Waals surface area contributed by atoms with Crippen molar-refractivity contribution in [2.75, 3.05) is 6.54 Å². The van der Waals surface area contributed by atoms with Gasteiger partial charge in [0.15, 0.2) is 0 Å². The second-order valence-corrected chi connectivity index (χ2v) is 2.39. The maximum absolute atomic E-state index is 10.1. The minimum absolute atomic E-state index is 0.269. The summed E-state index contributed by atoms with van der Waals surface area (Å²) in [7, 11) is 0. The molecule has 1 aliphatic rings. The zero-order valence-corrected chi connectivity index (χ0v) is 6.62. The van der Waals surface area contributed by atoms with Gasteiger partial charge in [-0.3, -0.25) is 4.79 Å². The maximum atomic E-state index is 10.1. The van der Waals surface area contributed by atoms with Gasteiger partial charge in [0.2, 0.25) is 0 Å². The molecular weight excluding hydrogens is 162 g/mol. The number of carboxylic acids is 1. The SMILES string of the molecule is NC(N)=O.O=C(O)[C@@H]1CCCN1. The Balaban J connectivity index is 0.000000261. The van der Waals surface area contributed by atoms with Gasteiger partial charge in [-0.15, -0.1) is 0 Å². The Morgan fingerprint density at radius 1 is 1.42 bits per heavy atom. The first kappa shape index (κ1) is 10.7. The van der Waals surface area contributed by atoms with Crippen LogP contribution in [0.1, 0.15) is 12.8 Å². The van der Waals surface area contributed by atoms with E-state index in [-0.39, 0.29) is 6.04 Å². The molecule has 1 saturated heterocycles. The number of hydrogen-bond donors (Lipinski definition) is 4. The number of nitrogens with two attached hydrogens (primary N) is 2. The molecule has 2 amide bonds. The number of hydrogen-bond acceptors (Lipinski definition) is 3. The molecule has 0 bridgehead atoms. The van der Waals surface area contributed by atoms with Crippen LogP contribution in [0.3, 0.4) is 0 Å². The minimum Gasteiger partial charge on any atom is -0.480 e. The van der Waals surface area contributed by atoms with Crippen molar-refractivity contribution in [3.63, 3.8) is 0 Å². The maximum Gasteiger partial charge on any atom is 0.320 e. The average molecular weight is 175 g/mol. The summed E-state index contributed by atoms with van der Waals surface area (Å²) in [6.45, 7) is 0.858. The lowest BCUT2D eigenvalue weighted by atomic mass is 10.2. The topological polar surface area (TPSA) is 118 Å².